The van der Waals surface area contributed by atoms with Gasteiger partial charge in [0.05, 0.1) is 6.54 Å². The van der Waals surface area contributed by atoms with E-state index < -0.39 is 0 Å². The SMILES string of the molecule is C1=Cc2ccc(-c3ccccc3)cc2CN=C1. The number of benzene rings is 2. The lowest BCUT2D eigenvalue weighted by Gasteiger charge is -2.07. The van der Waals surface area contributed by atoms with Crippen LogP contribution >= 0.6 is 0 Å². The highest BCUT2D eigenvalue weighted by molar-refractivity contribution is 5.81. The number of hydrogen-bond acceptors (Lipinski definition) is 1. The van der Waals surface area contributed by atoms with Crippen molar-refractivity contribution < 1.29 is 0 Å². The van der Waals surface area contributed by atoms with Gasteiger partial charge in [0.1, 0.15) is 0 Å². The maximum absolute atomic E-state index is 4.34. The van der Waals surface area contributed by atoms with Crippen molar-refractivity contribution in [3.05, 3.63) is 65.7 Å². The third-order valence-electron chi connectivity index (χ3n) is 2.98. The van der Waals surface area contributed by atoms with Crippen molar-refractivity contribution in [3.8, 4) is 11.1 Å². The van der Waals surface area contributed by atoms with E-state index >= 15 is 0 Å². The van der Waals surface area contributed by atoms with Crippen LogP contribution in [0.25, 0.3) is 17.2 Å². The van der Waals surface area contributed by atoms with E-state index in [2.05, 4.69) is 53.5 Å². The molecule has 1 heterocycles. The summed E-state index contributed by atoms with van der Waals surface area (Å²) in [6, 6.07) is 17.0. The molecule has 2 aromatic carbocycles. The first kappa shape index (κ1) is 10.0. The van der Waals surface area contributed by atoms with Gasteiger partial charge in [-0.15, -0.1) is 0 Å². The molecule has 1 aliphatic heterocycles. The lowest BCUT2D eigenvalue weighted by Crippen LogP contribution is -1.88. The predicted octanol–water partition coefficient (Wildman–Crippen LogP) is 3.95. The fraction of sp³-hybridized carbons (Fsp3) is 0.0625. The summed E-state index contributed by atoms with van der Waals surface area (Å²) in [6.07, 6.45) is 5.97. The van der Waals surface area contributed by atoms with Gasteiger partial charge >= 0.3 is 0 Å². The highest BCUT2D eigenvalue weighted by atomic mass is 14.7. The molecule has 0 unspecified atom stereocenters. The van der Waals surface area contributed by atoms with Crippen LogP contribution < -0.4 is 0 Å². The van der Waals surface area contributed by atoms with Gasteiger partial charge in [-0.1, -0.05) is 48.5 Å². The Bertz CT molecular complexity index is 580. The smallest absolute Gasteiger partial charge is 0.0645 e. The van der Waals surface area contributed by atoms with Crippen molar-refractivity contribution in [2.24, 2.45) is 4.99 Å². The van der Waals surface area contributed by atoms with Crippen LogP contribution in [0.2, 0.25) is 0 Å². The van der Waals surface area contributed by atoms with Crippen molar-refractivity contribution >= 4 is 12.3 Å². The summed E-state index contributed by atoms with van der Waals surface area (Å²) >= 11 is 0. The van der Waals surface area contributed by atoms with Gasteiger partial charge in [0.15, 0.2) is 0 Å². The molecule has 0 spiro atoms. The van der Waals surface area contributed by atoms with Crippen LogP contribution in [0.4, 0.5) is 0 Å². The monoisotopic (exact) mass is 219 g/mol. The Labute approximate surface area is 101 Å². The number of hydrogen-bond donors (Lipinski definition) is 0. The van der Waals surface area contributed by atoms with Crippen molar-refractivity contribution in [1.29, 1.82) is 0 Å². The Balaban J connectivity index is 2.07. The van der Waals surface area contributed by atoms with Crippen LogP contribution in [-0.2, 0) is 6.54 Å². The Morgan fingerprint density at radius 3 is 2.65 bits per heavy atom. The molecule has 0 amide bonds. The van der Waals surface area contributed by atoms with Crippen LogP contribution in [0, 0.1) is 0 Å². The van der Waals surface area contributed by atoms with E-state index in [-0.39, 0.29) is 0 Å². The summed E-state index contributed by atoms with van der Waals surface area (Å²) in [5, 5.41) is 0. The molecule has 82 valence electrons. The van der Waals surface area contributed by atoms with Crippen molar-refractivity contribution in [2.45, 2.75) is 6.54 Å². The van der Waals surface area contributed by atoms with Gasteiger partial charge in [0.2, 0.25) is 0 Å². The molecule has 3 rings (SSSR count). The third-order valence-corrected chi connectivity index (χ3v) is 2.98. The number of aliphatic imine (C=N–C) groups is 1. The lowest BCUT2D eigenvalue weighted by molar-refractivity contribution is 1.08. The largest absolute Gasteiger partial charge is 0.288 e. The van der Waals surface area contributed by atoms with Gasteiger partial charge in [-0.2, -0.15) is 0 Å². The first-order valence-corrected chi connectivity index (χ1v) is 5.78. The Kier molecular flexibility index (Phi) is 2.59. The Morgan fingerprint density at radius 1 is 0.882 bits per heavy atom. The van der Waals surface area contributed by atoms with Crippen LogP contribution in [0.15, 0.2) is 59.6 Å². The van der Waals surface area contributed by atoms with E-state index in [4.69, 9.17) is 0 Å². The van der Waals surface area contributed by atoms with Gasteiger partial charge in [0, 0.05) is 6.21 Å². The molecule has 2 aromatic rings. The number of rotatable bonds is 1. The molecule has 0 aromatic heterocycles. The molecule has 0 radical (unpaired) electrons. The highest BCUT2D eigenvalue weighted by Gasteiger charge is 2.04. The molecule has 0 saturated heterocycles. The van der Waals surface area contributed by atoms with Crippen LogP contribution in [-0.4, -0.2) is 6.21 Å². The molecule has 1 nitrogen and oxygen atoms in total. The summed E-state index contributed by atoms with van der Waals surface area (Å²) in [7, 11) is 0. The van der Waals surface area contributed by atoms with Crippen LogP contribution in [0.5, 0.6) is 0 Å². The number of fused-ring (bicyclic) bond motifs is 1. The molecule has 1 heteroatoms. The summed E-state index contributed by atoms with van der Waals surface area (Å²) in [4.78, 5) is 4.34. The first-order valence-electron chi connectivity index (χ1n) is 5.78. The maximum atomic E-state index is 4.34. The summed E-state index contributed by atoms with van der Waals surface area (Å²) in [5.41, 5.74) is 5.07. The van der Waals surface area contributed by atoms with Crippen LogP contribution in [0.3, 0.4) is 0 Å². The molecule has 1 aliphatic rings. The molecular weight excluding hydrogens is 206 g/mol. The van der Waals surface area contributed by atoms with Gasteiger partial charge < -0.3 is 0 Å². The van der Waals surface area contributed by atoms with E-state index in [9.17, 15) is 0 Å². The fourth-order valence-corrected chi connectivity index (χ4v) is 2.07. The molecular formula is C16H13N. The lowest BCUT2D eigenvalue weighted by atomic mass is 9.99. The minimum atomic E-state index is 0.767. The Hall–Kier alpha value is -2.15. The van der Waals surface area contributed by atoms with E-state index in [1.54, 1.807) is 0 Å². The van der Waals surface area contributed by atoms with E-state index in [0.29, 0.717) is 0 Å². The topological polar surface area (TPSA) is 12.4 Å². The molecule has 0 fully saturated rings. The van der Waals surface area contributed by atoms with Crippen molar-refractivity contribution in [1.82, 2.24) is 0 Å². The number of allylic oxidation sites excluding steroid dienone is 1. The zero-order valence-corrected chi connectivity index (χ0v) is 9.51. The molecule has 0 atom stereocenters. The summed E-state index contributed by atoms with van der Waals surface area (Å²) in [6.45, 7) is 0.767. The molecule has 17 heavy (non-hydrogen) atoms. The summed E-state index contributed by atoms with van der Waals surface area (Å²) < 4.78 is 0. The van der Waals surface area contributed by atoms with Crippen molar-refractivity contribution in [2.75, 3.05) is 0 Å². The first-order chi connectivity index (χ1) is 8.43. The average molecular weight is 219 g/mol. The van der Waals surface area contributed by atoms with Crippen molar-refractivity contribution in [3.63, 3.8) is 0 Å². The minimum Gasteiger partial charge on any atom is -0.288 e. The zero-order valence-electron chi connectivity index (χ0n) is 9.51. The van der Waals surface area contributed by atoms with Gasteiger partial charge in [-0.25, -0.2) is 0 Å². The van der Waals surface area contributed by atoms with E-state index in [1.807, 2.05) is 18.4 Å². The average Bonchev–Trinajstić information content (AvgIpc) is 2.64. The summed E-state index contributed by atoms with van der Waals surface area (Å²) in [5.74, 6) is 0. The zero-order chi connectivity index (χ0) is 11.5. The van der Waals surface area contributed by atoms with Gasteiger partial charge in [-0.05, 0) is 34.4 Å². The second-order valence-corrected chi connectivity index (χ2v) is 4.13. The van der Waals surface area contributed by atoms with E-state index in [0.717, 1.165) is 6.54 Å². The third kappa shape index (κ3) is 2.04. The molecule has 0 N–H and O–H groups in total. The fourth-order valence-electron chi connectivity index (χ4n) is 2.07. The van der Waals surface area contributed by atoms with Crippen LogP contribution in [0.1, 0.15) is 11.1 Å². The maximum Gasteiger partial charge on any atom is 0.0645 e. The number of nitrogens with zero attached hydrogens (tertiary/aromatic N) is 1. The van der Waals surface area contributed by atoms with E-state index in [1.165, 1.54) is 22.3 Å². The minimum absolute atomic E-state index is 0.767. The molecule has 0 saturated carbocycles. The standard InChI is InChI=1S/C16H13N/c1-2-5-13(6-3-1)15-9-8-14-7-4-10-17-12-16(14)11-15/h1-11H,12H2. The molecule has 0 aliphatic carbocycles. The quantitative estimate of drug-likeness (QED) is 0.688. The second-order valence-electron chi connectivity index (χ2n) is 4.13. The Morgan fingerprint density at radius 2 is 1.76 bits per heavy atom. The second kappa shape index (κ2) is 4.38. The highest BCUT2D eigenvalue weighted by Crippen LogP contribution is 2.24. The van der Waals surface area contributed by atoms with Gasteiger partial charge in [0.25, 0.3) is 0 Å². The van der Waals surface area contributed by atoms with Gasteiger partial charge in [-0.3, -0.25) is 4.99 Å². The predicted molar refractivity (Wildman–Crippen MR) is 73.1 cm³/mol. The normalized spacial score (nSPS) is 13.2. The molecule has 0 bridgehead atoms.